The first kappa shape index (κ1) is 30.5. The molecule has 42 heavy (non-hydrogen) atoms. The monoisotopic (exact) mass is 616 g/mol. The van der Waals surface area contributed by atoms with Crippen molar-refractivity contribution in [2.45, 2.75) is 46.8 Å². The quantitative estimate of drug-likeness (QED) is 0.294. The topological polar surface area (TPSA) is 147 Å². The molecule has 3 N–H and O–H groups in total. The Morgan fingerprint density at radius 2 is 1.74 bits per heavy atom. The summed E-state index contributed by atoms with van der Waals surface area (Å²) in [7, 11) is -5.90. The number of ether oxygens (including phenoxy) is 2. The van der Waals surface area contributed by atoms with E-state index in [2.05, 4.69) is 15.0 Å². The van der Waals surface area contributed by atoms with Crippen molar-refractivity contribution in [3.63, 3.8) is 0 Å². The van der Waals surface area contributed by atoms with Crippen LogP contribution in [0.4, 0.5) is 0 Å². The number of sulfonamides is 2. The van der Waals surface area contributed by atoms with Crippen molar-refractivity contribution in [2.75, 3.05) is 39.9 Å². The van der Waals surface area contributed by atoms with Gasteiger partial charge in [0.1, 0.15) is 18.5 Å². The average molecular weight is 617 g/mol. The van der Waals surface area contributed by atoms with Crippen LogP contribution in [0.3, 0.4) is 0 Å². The fourth-order valence-corrected chi connectivity index (χ4v) is 7.64. The van der Waals surface area contributed by atoms with Crippen LogP contribution in [0.2, 0.25) is 0 Å². The van der Waals surface area contributed by atoms with Gasteiger partial charge in [-0.2, -0.15) is 4.31 Å². The smallest absolute Gasteiger partial charge is 0.243 e. The predicted molar refractivity (Wildman–Crippen MR) is 157 cm³/mol. The van der Waals surface area contributed by atoms with E-state index in [9.17, 15) is 21.9 Å². The zero-order chi connectivity index (χ0) is 29.8. The third-order valence-corrected chi connectivity index (χ3v) is 11.1. The van der Waals surface area contributed by atoms with Crippen LogP contribution in [-0.4, -0.2) is 88.9 Å². The zero-order valence-corrected chi connectivity index (χ0v) is 25.0. The van der Waals surface area contributed by atoms with Crippen molar-refractivity contribution in [3.05, 3.63) is 73.1 Å². The number of nitrogens with zero attached hydrogens (tertiary/aromatic N) is 2. The van der Waals surface area contributed by atoms with Gasteiger partial charge in [-0.25, -0.2) is 21.6 Å². The van der Waals surface area contributed by atoms with Crippen molar-refractivity contribution >= 4 is 20.0 Å². The minimum atomic E-state index is -3.65. The van der Waals surface area contributed by atoms with E-state index in [1.54, 1.807) is 42.7 Å². The van der Waals surface area contributed by atoms with Crippen LogP contribution < -0.4 is 14.8 Å². The van der Waals surface area contributed by atoms with Gasteiger partial charge in [-0.1, -0.05) is 18.2 Å². The molecule has 1 aromatic heterocycles. The lowest BCUT2D eigenvalue weighted by Crippen LogP contribution is -2.47. The van der Waals surface area contributed by atoms with E-state index in [-0.39, 0.29) is 29.0 Å². The maximum atomic E-state index is 13.5. The molecule has 2 aliphatic heterocycles. The summed E-state index contributed by atoms with van der Waals surface area (Å²) in [6, 6.07) is 16.8. The van der Waals surface area contributed by atoms with E-state index in [4.69, 9.17) is 9.47 Å². The highest BCUT2D eigenvalue weighted by Crippen LogP contribution is 2.37. The third kappa shape index (κ3) is 7.00. The molecular formula is C29H36N4O7S2. The van der Waals surface area contributed by atoms with Gasteiger partial charge in [-0.05, 0) is 73.8 Å². The molecule has 0 bridgehead atoms. The Bertz CT molecular complexity index is 1580. The minimum Gasteiger partial charge on any atom is -0.491 e. The second kappa shape index (κ2) is 12.8. The lowest BCUT2D eigenvalue weighted by Gasteiger charge is -2.38. The number of benzene rings is 2. The number of rotatable bonds is 11. The van der Waals surface area contributed by atoms with E-state index in [1.165, 1.54) is 23.5 Å². The van der Waals surface area contributed by atoms with Crippen LogP contribution in [0.5, 0.6) is 5.75 Å². The highest BCUT2D eigenvalue weighted by atomic mass is 32.2. The van der Waals surface area contributed by atoms with E-state index >= 15 is 0 Å². The fraction of sp³-hybridized carbons (Fsp3) is 0.414. The largest absolute Gasteiger partial charge is 0.491 e. The molecule has 2 fully saturated rings. The molecule has 2 aliphatic rings. The summed E-state index contributed by atoms with van der Waals surface area (Å²) in [6.45, 7) is 1.47. The Hall–Kier alpha value is -2.91. The van der Waals surface area contributed by atoms with Gasteiger partial charge < -0.3 is 19.9 Å². The van der Waals surface area contributed by atoms with Crippen LogP contribution >= 0.6 is 0 Å². The molecule has 3 heterocycles. The van der Waals surface area contributed by atoms with Gasteiger partial charge in [0.15, 0.2) is 0 Å². The number of pyridine rings is 1. The van der Waals surface area contributed by atoms with Crippen LogP contribution in [0.15, 0.2) is 82.8 Å². The third-order valence-electron chi connectivity index (χ3n) is 7.80. The highest BCUT2D eigenvalue weighted by Gasteiger charge is 2.44. The SMILES string of the molecule is CNS(=O)(=O)c1cccc(OCC(O)CNC2COC3(CCN(S(=O)(=O)c4cccc(-c5ccncc5)c4)CC3)C2)c1. The van der Waals surface area contributed by atoms with Gasteiger partial charge in [0.05, 0.1) is 22.0 Å². The van der Waals surface area contributed by atoms with Crippen LogP contribution in [0.1, 0.15) is 19.3 Å². The second-order valence-electron chi connectivity index (χ2n) is 10.6. The van der Waals surface area contributed by atoms with Crippen molar-refractivity contribution in [1.29, 1.82) is 0 Å². The van der Waals surface area contributed by atoms with Crippen molar-refractivity contribution in [3.8, 4) is 16.9 Å². The molecule has 0 amide bonds. The van der Waals surface area contributed by atoms with Crippen LogP contribution in [0, 0.1) is 0 Å². The summed E-state index contributed by atoms with van der Waals surface area (Å²) >= 11 is 0. The van der Waals surface area contributed by atoms with Gasteiger partial charge in [0, 0.05) is 44.1 Å². The van der Waals surface area contributed by atoms with Crippen LogP contribution in [0.25, 0.3) is 11.1 Å². The molecule has 2 aromatic carbocycles. The Labute approximate surface area is 247 Å². The Morgan fingerprint density at radius 3 is 2.48 bits per heavy atom. The average Bonchev–Trinajstić information content (AvgIpc) is 3.41. The molecule has 13 heteroatoms. The lowest BCUT2D eigenvalue weighted by molar-refractivity contribution is -0.0312. The maximum Gasteiger partial charge on any atom is 0.243 e. The fourth-order valence-electron chi connectivity index (χ4n) is 5.39. The first-order valence-corrected chi connectivity index (χ1v) is 16.8. The minimum absolute atomic E-state index is 0.00996. The van der Waals surface area contributed by atoms with Gasteiger partial charge in [-0.15, -0.1) is 0 Å². The molecule has 2 saturated heterocycles. The predicted octanol–water partition coefficient (Wildman–Crippen LogP) is 2.00. The Balaban J connectivity index is 1.10. The normalized spacial score (nSPS) is 20.0. The molecule has 0 saturated carbocycles. The van der Waals surface area contributed by atoms with Gasteiger partial charge in [0.25, 0.3) is 0 Å². The molecule has 0 aliphatic carbocycles. The zero-order valence-electron chi connectivity index (χ0n) is 23.3. The van der Waals surface area contributed by atoms with Crippen molar-refractivity contribution in [2.24, 2.45) is 0 Å². The summed E-state index contributed by atoms with van der Waals surface area (Å²) in [5.74, 6) is 0.347. The number of hydrogen-bond acceptors (Lipinski definition) is 9. The number of aromatic nitrogens is 1. The first-order chi connectivity index (χ1) is 20.1. The highest BCUT2D eigenvalue weighted by molar-refractivity contribution is 7.89. The van der Waals surface area contributed by atoms with E-state index < -0.39 is 31.8 Å². The molecule has 5 rings (SSSR count). The summed E-state index contributed by atoms with van der Waals surface area (Å²) in [6.07, 6.45) is 4.44. The van der Waals surface area contributed by atoms with Crippen LogP contribution in [-0.2, 0) is 24.8 Å². The van der Waals surface area contributed by atoms with Gasteiger partial charge >= 0.3 is 0 Å². The Kier molecular flexibility index (Phi) is 9.28. The summed E-state index contributed by atoms with van der Waals surface area (Å²) in [5, 5.41) is 13.8. The molecule has 2 unspecified atom stereocenters. The van der Waals surface area contributed by atoms with E-state index in [0.717, 1.165) is 17.5 Å². The lowest BCUT2D eigenvalue weighted by atomic mass is 9.88. The Morgan fingerprint density at radius 1 is 1.02 bits per heavy atom. The number of aliphatic hydroxyl groups excluding tert-OH is 1. The maximum absolute atomic E-state index is 13.5. The van der Waals surface area contributed by atoms with Crippen molar-refractivity contribution < 1.29 is 31.4 Å². The molecule has 226 valence electrons. The van der Waals surface area contributed by atoms with Gasteiger partial charge in [-0.3, -0.25) is 4.98 Å². The standard InChI is InChI=1S/C29H36N4O7S2/c1-30-41(35,36)27-6-3-5-26(17-27)39-21-25(34)19-32-24-18-29(40-20-24)10-14-33(15-11-29)42(37,38)28-7-2-4-23(16-28)22-8-12-31-13-9-22/h2-9,12-13,16-17,24-25,30,32,34H,10-11,14-15,18-21H2,1H3. The van der Waals surface area contributed by atoms with E-state index in [0.29, 0.717) is 38.3 Å². The molecule has 2 atom stereocenters. The second-order valence-corrected chi connectivity index (χ2v) is 14.4. The summed E-state index contributed by atoms with van der Waals surface area (Å²) in [4.78, 5) is 4.38. The summed E-state index contributed by atoms with van der Waals surface area (Å²) in [5.41, 5.74) is 1.33. The van der Waals surface area contributed by atoms with Crippen molar-refractivity contribution in [1.82, 2.24) is 19.3 Å². The molecule has 3 aromatic rings. The molecular weight excluding hydrogens is 580 g/mol. The molecule has 1 spiro atoms. The number of piperidine rings is 1. The number of hydrogen-bond donors (Lipinski definition) is 3. The number of nitrogens with one attached hydrogen (secondary N) is 2. The van der Waals surface area contributed by atoms with E-state index in [1.807, 2.05) is 18.2 Å². The summed E-state index contributed by atoms with van der Waals surface area (Å²) < 4.78 is 66.5. The number of aliphatic hydroxyl groups is 1. The molecule has 11 nitrogen and oxygen atoms in total. The van der Waals surface area contributed by atoms with Gasteiger partial charge in [0.2, 0.25) is 20.0 Å². The first-order valence-electron chi connectivity index (χ1n) is 13.8. The molecule has 0 radical (unpaired) electrons.